The fourth-order valence-corrected chi connectivity index (χ4v) is 5.66. The molecule has 0 unspecified atom stereocenters. The molecule has 2 aliphatic heterocycles. The summed E-state index contributed by atoms with van der Waals surface area (Å²) in [6.45, 7) is 0. The van der Waals surface area contributed by atoms with Gasteiger partial charge in [0.25, 0.3) is 0 Å². The fourth-order valence-electron chi connectivity index (χ4n) is 3.26. The summed E-state index contributed by atoms with van der Waals surface area (Å²) in [5.74, 6) is -3.85. The Morgan fingerprint density at radius 2 is 2.08 bits per heavy atom. The number of H-pyrrole nitrogens is 1. The van der Waals surface area contributed by atoms with Gasteiger partial charge in [0.2, 0.25) is 0 Å². The number of carbonyl (C=O) groups is 3. The van der Waals surface area contributed by atoms with Crippen LogP contribution in [0.5, 0.6) is 5.75 Å². The number of carboxylic acid groups (broad SMARTS) is 1. The number of esters is 2. The molecule has 8 nitrogen and oxygen atoms in total. The molecule has 0 saturated carbocycles. The van der Waals surface area contributed by atoms with Crippen molar-refractivity contribution in [2.24, 2.45) is 5.92 Å². The second-order valence-corrected chi connectivity index (χ2v) is 7.92. The number of ether oxygens (including phenoxy) is 2. The summed E-state index contributed by atoms with van der Waals surface area (Å²) in [4.78, 5) is 50.8. The molecule has 0 saturated heterocycles. The fraction of sp³-hybridized carbons (Fsp3) is 0.250. The molecule has 134 valence electrons. The number of aromatic amines is 1. The van der Waals surface area contributed by atoms with Crippen LogP contribution in [0, 0.1) is 5.92 Å². The third-order valence-electron chi connectivity index (χ3n) is 4.35. The van der Waals surface area contributed by atoms with Crippen LogP contribution in [0.25, 0.3) is 0 Å². The van der Waals surface area contributed by atoms with Crippen LogP contribution in [0.15, 0.2) is 28.0 Å². The molecule has 1 aromatic carbocycles. The lowest BCUT2D eigenvalue weighted by Crippen LogP contribution is -2.44. The number of methoxy groups -OCH3 is 1. The van der Waals surface area contributed by atoms with E-state index in [0.29, 0.717) is 15.5 Å². The first-order chi connectivity index (χ1) is 12.4. The van der Waals surface area contributed by atoms with Crippen molar-refractivity contribution >= 4 is 41.0 Å². The Balaban J connectivity index is 1.95. The summed E-state index contributed by atoms with van der Waals surface area (Å²) < 4.78 is 10.0. The van der Waals surface area contributed by atoms with Crippen molar-refractivity contribution in [3.05, 3.63) is 43.9 Å². The van der Waals surface area contributed by atoms with Crippen LogP contribution in [0.3, 0.4) is 0 Å². The summed E-state index contributed by atoms with van der Waals surface area (Å²) in [5.41, 5.74) is 0.734. The minimum absolute atomic E-state index is 0.242. The number of benzene rings is 1. The molecule has 0 aliphatic carbocycles. The van der Waals surface area contributed by atoms with Gasteiger partial charge in [-0.25, -0.2) is 4.79 Å². The predicted octanol–water partition coefficient (Wildman–Crippen LogP) is 1.45. The average Bonchev–Trinajstić information content (AvgIpc) is 2.99. The van der Waals surface area contributed by atoms with E-state index in [4.69, 9.17) is 9.47 Å². The molecule has 0 amide bonds. The highest BCUT2D eigenvalue weighted by Crippen LogP contribution is 2.53. The summed E-state index contributed by atoms with van der Waals surface area (Å²) in [6, 6.07) is 4.46. The van der Waals surface area contributed by atoms with E-state index < -0.39 is 35.0 Å². The minimum atomic E-state index is -1.17. The molecule has 3 heterocycles. The van der Waals surface area contributed by atoms with Crippen molar-refractivity contribution in [1.29, 1.82) is 0 Å². The van der Waals surface area contributed by atoms with Gasteiger partial charge in [0, 0.05) is 16.4 Å². The van der Waals surface area contributed by atoms with Crippen molar-refractivity contribution in [2.75, 3.05) is 7.11 Å². The Morgan fingerprint density at radius 3 is 2.77 bits per heavy atom. The third kappa shape index (κ3) is 2.44. The van der Waals surface area contributed by atoms with Gasteiger partial charge in [0.1, 0.15) is 11.0 Å². The number of carboxylic acids is 1. The highest BCUT2D eigenvalue weighted by Gasteiger charge is 2.51. The molecule has 2 aromatic rings. The molecule has 0 fully saturated rings. The van der Waals surface area contributed by atoms with E-state index in [1.807, 2.05) is 0 Å². The Bertz CT molecular complexity index is 1010. The molecular formula is C16H11NO7S2. The lowest BCUT2D eigenvalue weighted by Gasteiger charge is -2.37. The zero-order valence-electron chi connectivity index (χ0n) is 13.2. The second-order valence-electron chi connectivity index (χ2n) is 5.75. The second kappa shape index (κ2) is 5.99. The van der Waals surface area contributed by atoms with Gasteiger partial charge in [0.05, 0.1) is 23.6 Å². The van der Waals surface area contributed by atoms with Crippen LogP contribution in [0.2, 0.25) is 0 Å². The number of hydrogen-bond donors (Lipinski definition) is 2. The zero-order valence-corrected chi connectivity index (χ0v) is 14.8. The van der Waals surface area contributed by atoms with Gasteiger partial charge in [-0.1, -0.05) is 23.1 Å². The van der Waals surface area contributed by atoms with Crippen molar-refractivity contribution in [3.8, 4) is 5.75 Å². The molecule has 0 bridgehead atoms. The van der Waals surface area contributed by atoms with Crippen LogP contribution in [-0.4, -0.2) is 40.4 Å². The zero-order chi connectivity index (χ0) is 18.6. The molecule has 2 aliphatic rings. The number of thioether (sulfide) groups is 1. The molecule has 0 radical (unpaired) electrons. The van der Waals surface area contributed by atoms with Gasteiger partial charge in [-0.15, -0.1) is 0 Å². The summed E-state index contributed by atoms with van der Waals surface area (Å²) in [6.07, 6.45) is 0. The Morgan fingerprint density at radius 1 is 1.31 bits per heavy atom. The number of nitrogens with one attached hydrogen (secondary N) is 1. The van der Waals surface area contributed by atoms with Gasteiger partial charge in [-0.3, -0.25) is 14.4 Å². The first-order valence-electron chi connectivity index (χ1n) is 7.47. The molecule has 3 atom stereocenters. The maximum absolute atomic E-state index is 12.5. The number of thiazole rings is 1. The van der Waals surface area contributed by atoms with Crippen molar-refractivity contribution in [3.63, 3.8) is 0 Å². The van der Waals surface area contributed by atoms with Gasteiger partial charge < -0.3 is 19.6 Å². The molecule has 10 heteroatoms. The van der Waals surface area contributed by atoms with E-state index in [2.05, 4.69) is 4.98 Å². The van der Waals surface area contributed by atoms with E-state index in [-0.39, 0.29) is 16.2 Å². The van der Waals surface area contributed by atoms with Crippen LogP contribution in [0.4, 0.5) is 0 Å². The van der Waals surface area contributed by atoms with Gasteiger partial charge in [-0.2, -0.15) is 0 Å². The quantitative estimate of drug-likeness (QED) is 0.581. The molecule has 0 spiro atoms. The van der Waals surface area contributed by atoms with Crippen molar-refractivity contribution in [1.82, 2.24) is 4.98 Å². The highest BCUT2D eigenvalue weighted by atomic mass is 32.2. The number of hydrogen-bond acceptors (Lipinski definition) is 8. The normalized spacial score (nSPS) is 23.3. The number of fused-ring (bicyclic) bond motifs is 5. The third-order valence-corrected chi connectivity index (χ3v) is 6.75. The monoisotopic (exact) mass is 393 g/mol. The number of rotatable bonds is 2. The summed E-state index contributed by atoms with van der Waals surface area (Å²) in [5, 5.41) is 8.88. The highest BCUT2D eigenvalue weighted by molar-refractivity contribution is 8.00. The van der Waals surface area contributed by atoms with Crippen molar-refractivity contribution in [2.45, 2.75) is 16.2 Å². The summed E-state index contributed by atoms with van der Waals surface area (Å²) in [7, 11) is 1.25. The number of aliphatic carboxylic acids is 1. The topological polar surface area (TPSA) is 123 Å². The van der Waals surface area contributed by atoms with E-state index in [0.717, 1.165) is 23.1 Å². The van der Waals surface area contributed by atoms with Gasteiger partial charge in [0.15, 0.2) is 0 Å². The standard InChI is InChI=1S/C16H11NO7S2/c1-23-14(20)5-2-3-7-6(4-5)8-9(15(21)24-7)11(13(18)19)25-12-10(8)26-16(22)17-12/h2-4,8-9,11H,1H3,(H,17,22)(H,18,19)/t8-,9-,11+/m1/s1. The smallest absolute Gasteiger partial charge is 0.337 e. The van der Waals surface area contributed by atoms with E-state index in [1.165, 1.54) is 25.3 Å². The van der Waals surface area contributed by atoms with E-state index in [9.17, 15) is 24.3 Å². The molecule has 1 aromatic heterocycles. The number of aromatic nitrogens is 1. The SMILES string of the molecule is COC(=O)c1ccc2c(c1)[C@H]1c3sc(=O)[nH]c3S[C@H](C(=O)O)[C@@H]1C(=O)O2. The van der Waals surface area contributed by atoms with Gasteiger partial charge >= 0.3 is 22.8 Å². The van der Waals surface area contributed by atoms with E-state index in [1.54, 1.807) is 0 Å². The summed E-state index contributed by atoms with van der Waals surface area (Å²) >= 11 is 1.85. The Kier molecular flexibility index (Phi) is 3.88. The lowest BCUT2D eigenvalue weighted by molar-refractivity contribution is -0.147. The minimum Gasteiger partial charge on any atom is -0.480 e. The first kappa shape index (κ1) is 16.9. The van der Waals surface area contributed by atoms with Crippen molar-refractivity contribution < 1.29 is 29.0 Å². The maximum Gasteiger partial charge on any atom is 0.337 e. The van der Waals surface area contributed by atoms with Crippen LogP contribution in [0.1, 0.15) is 26.7 Å². The Hall–Kier alpha value is -2.59. The maximum atomic E-state index is 12.5. The lowest BCUT2D eigenvalue weighted by atomic mass is 9.79. The molecule has 26 heavy (non-hydrogen) atoms. The van der Waals surface area contributed by atoms with Gasteiger partial charge in [-0.05, 0) is 18.2 Å². The first-order valence-corrected chi connectivity index (χ1v) is 9.16. The number of carbonyl (C=O) groups excluding carboxylic acids is 2. The van der Waals surface area contributed by atoms with Crippen LogP contribution in [-0.2, 0) is 14.3 Å². The molecular weight excluding hydrogens is 382 g/mol. The average molecular weight is 393 g/mol. The molecule has 4 rings (SSSR count). The van der Waals surface area contributed by atoms with E-state index >= 15 is 0 Å². The molecule has 2 N–H and O–H groups in total. The van der Waals surface area contributed by atoms with Crippen LogP contribution >= 0.6 is 23.1 Å². The largest absolute Gasteiger partial charge is 0.480 e. The Labute approximate surface area is 154 Å². The van der Waals surface area contributed by atoms with Crippen LogP contribution < -0.4 is 9.61 Å². The predicted molar refractivity (Wildman–Crippen MR) is 91.0 cm³/mol.